The molecule has 0 saturated heterocycles. The van der Waals surface area contributed by atoms with Crippen molar-refractivity contribution in [3.63, 3.8) is 0 Å². The van der Waals surface area contributed by atoms with Crippen molar-refractivity contribution in [1.29, 1.82) is 0 Å². The Bertz CT molecular complexity index is 692. The van der Waals surface area contributed by atoms with Gasteiger partial charge >= 0.3 is 0 Å². The van der Waals surface area contributed by atoms with Crippen molar-refractivity contribution in [3.8, 4) is 5.75 Å². The summed E-state index contributed by atoms with van der Waals surface area (Å²) in [4.78, 5) is 4.47. The van der Waals surface area contributed by atoms with E-state index in [1.54, 1.807) is 0 Å². The highest BCUT2D eigenvalue weighted by molar-refractivity contribution is 5.84. The van der Waals surface area contributed by atoms with Crippen molar-refractivity contribution < 1.29 is 4.74 Å². The topological polar surface area (TPSA) is 22.1 Å². The molecule has 0 bridgehead atoms. The van der Waals surface area contributed by atoms with Gasteiger partial charge in [0.15, 0.2) is 0 Å². The molecule has 1 aromatic heterocycles. The van der Waals surface area contributed by atoms with Gasteiger partial charge in [-0.1, -0.05) is 42.5 Å². The number of ether oxygens (including phenoxy) is 1. The Kier molecular flexibility index (Phi) is 3.15. The van der Waals surface area contributed by atoms with E-state index >= 15 is 0 Å². The van der Waals surface area contributed by atoms with E-state index in [1.165, 1.54) is 0 Å². The lowest BCUT2D eigenvalue weighted by molar-refractivity contribution is 0.309. The number of nitrogens with zero attached hydrogens (tertiary/aromatic N) is 1. The molecule has 0 aliphatic rings. The number of hydrogen-bond acceptors (Lipinski definition) is 2. The lowest BCUT2D eigenvalue weighted by atomic mass is 10.1. The van der Waals surface area contributed by atoms with Crippen molar-refractivity contribution in [2.45, 2.75) is 13.5 Å². The third kappa shape index (κ3) is 2.58. The average Bonchev–Trinajstić information content (AvgIpc) is 2.45. The first-order valence-corrected chi connectivity index (χ1v) is 6.35. The largest absolute Gasteiger partial charge is 0.487 e. The maximum absolute atomic E-state index is 5.88. The predicted molar refractivity (Wildman–Crippen MR) is 77.3 cm³/mol. The molecule has 0 aliphatic heterocycles. The van der Waals surface area contributed by atoms with E-state index in [0.29, 0.717) is 6.61 Å². The van der Waals surface area contributed by atoms with Gasteiger partial charge < -0.3 is 4.74 Å². The van der Waals surface area contributed by atoms with Gasteiger partial charge in [0, 0.05) is 11.6 Å². The Morgan fingerprint density at radius 1 is 1.00 bits per heavy atom. The zero-order valence-corrected chi connectivity index (χ0v) is 10.8. The van der Waals surface area contributed by atoms with Crippen molar-refractivity contribution >= 4 is 10.9 Å². The second kappa shape index (κ2) is 5.11. The summed E-state index contributed by atoms with van der Waals surface area (Å²) < 4.78 is 5.88. The molecular weight excluding hydrogens is 234 g/mol. The normalized spacial score (nSPS) is 10.6. The van der Waals surface area contributed by atoms with Crippen molar-refractivity contribution in [2.24, 2.45) is 0 Å². The fraction of sp³-hybridized carbons (Fsp3) is 0.118. The van der Waals surface area contributed by atoms with Gasteiger partial charge in [0.1, 0.15) is 17.9 Å². The zero-order valence-electron chi connectivity index (χ0n) is 10.8. The molecule has 3 rings (SSSR count). The van der Waals surface area contributed by atoms with Crippen LogP contribution in [-0.2, 0) is 6.61 Å². The van der Waals surface area contributed by atoms with Gasteiger partial charge in [-0.25, -0.2) is 0 Å². The molecule has 0 spiro atoms. The fourth-order valence-corrected chi connectivity index (χ4v) is 2.09. The van der Waals surface area contributed by atoms with Gasteiger partial charge in [0.25, 0.3) is 0 Å². The highest BCUT2D eigenvalue weighted by atomic mass is 16.5. The molecule has 0 N–H and O–H groups in total. The molecule has 0 unspecified atom stereocenters. The summed E-state index contributed by atoms with van der Waals surface area (Å²) in [5.74, 6) is 0.835. The maximum Gasteiger partial charge on any atom is 0.146 e. The third-order valence-electron chi connectivity index (χ3n) is 3.05. The number of pyridine rings is 1. The third-order valence-corrected chi connectivity index (χ3v) is 3.05. The molecule has 2 nitrogen and oxygen atoms in total. The molecule has 0 aliphatic carbocycles. The second-order valence-electron chi connectivity index (χ2n) is 4.61. The van der Waals surface area contributed by atoms with Gasteiger partial charge in [0.2, 0.25) is 0 Å². The molecule has 3 aromatic rings. The van der Waals surface area contributed by atoms with Crippen molar-refractivity contribution in [2.75, 3.05) is 0 Å². The number of fused-ring (bicyclic) bond motifs is 1. The van der Waals surface area contributed by atoms with Crippen LogP contribution in [-0.4, -0.2) is 4.98 Å². The molecule has 94 valence electrons. The molecule has 2 aromatic carbocycles. The molecule has 0 atom stereocenters. The molecule has 1 heterocycles. The van der Waals surface area contributed by atoms with Crippen LogP contribution >= 0.6 is 0 Å². The number of aryl methyl sites for hydroxylation is 1. The van der Waals surface area contributed by atoms with Crippen LogP contribution in [0.4, 0.5) is 0 Å². The first-order valence-electron chi connectivity index (χ1n) is 6.35. The van der Waals surface area contributed by atoms with Crippen LogP contribution in [0.5, 0.6) is 5.75 Å². The Hall–Kier alpha value is -2.35. The van der Waals surface area contributed by atoms with E-state index in [9.17, 15) is 0 Å². The SMILES string of the molecule is Cc1cnc2c(OCc3ccccc3)cccc2c1. The Balaban J connectivity index is 1.89. The minimum absolute atomic E-state index is 0.565. The van der Waals surface area contributed by atoms with Crippen LogP contribution in [0, 0.1) is 6.92 Å². The summed E-state index contributed by atoms with van der Waals surface area (Å²) in [5.41, 5.74) is 3.24. The van der Waals surface area contributed by atoms with Gasteiger partial charge in [-0.05, 0) is 30.2 Å². The standard InChI is InChI=1S/C17H15NO/c1-13-10-15-8-5-9-16(17(15)18-11-13)19-12-14-6-3-2-4-7-14/h2-11H,12H2,1H3. The van der Waals surface area contributed by atoms with E-state index in [-0.39, 0.29) is 0 Å². The van der Waals surface area contributed by atoms with Crippen LogP contribution in [0.25, 0.3) is 10.9 Å². The van der Waals surface area contributed by atoms with Crippen LogP contribution in [0.1, 0.15) is 11.1 Å². The second-order valence-corrected chi connectivity index (χ2v) is 4.61. The summed E-state index contributed by atoms with van der Waals surface area (Å²) in [7, 11) is 0. The Morgan fingerprint density at radius 2 is 1.84 bits per heavy atom. The fourth-order valence-electron chi connectivity index (χ4n) is 2.09. The van der Waals surface area contributed by atoms with Crippen molar-refractivity contribution in [1.82, 2.24) is 4.98 Å². The van der Waals surface area contributed by atoms with Crippen LogP contribution in [0.3, 0.4) is 0 Å². The molecule has 0 amide bonds. The van der Waals surface area contributed by atoms with E-state index in [1.807, 2.05) is 43.5 Å². The Morgan fingerprint density at radius 3 is 2.68 bits per heavy atom. The summed E-state index contributed by atoms with van der Waals surface area (Å²) in [5, 5.41) is 1.12. The van der Waals surface area contributed by atoms with Crippen molar-refractivity contribution in [3.05, 3.63) is 71.9 Å². The molecule has 0 saturated carbocycles. The molecule has 0 radical (unpaired) electrons. The van der Waals surface area contributed by atoms with Gasteiger partial charge in [-0.15, -0.1) is 0 Å². The monoisotopic (exact) mass is 249 g/mol. The minimum atomic E-state index is 0.565. The Labute approximate surface area is 112 Å². The quantitative estimate of drug-likeness (QED) is 0.696. The van der Waals surface area contributed by atoms with Gasteiger partial charge in [-0.3, -0.25) is 4.98 Å². The minimum Gasteiger partial charge on any atom is -0.487 e. The van der Waals surface area contributed by atoms with E-state index in [0.717, 1.165) is 27.8 Å². The van der Waals surface area contributed by atoms with Gasteiger partial charge in [-0.2, -0.15) is 0 Å². The summed E-state index contributed by atoms with van der Waals surface area (Å²) in [6.07, 6.45) is 1.87. The molecule has 2 heteroatoms. The first-order chi connectivity index (χ1) is 9.33. The highest BCUT2D eigenvalue weighted by Crippen LogP contribution is 2.24. The number of aromatic nitrogens is 1. The van der Waals surface area contributed by atoms with Crippen LogP contribution in [0.15, 0.2) is 60.8 Å². The molecule has 19 heavy (non-hydrogen) atoms. The number of benzene rings is 2. The zero-order chi connectivity index (χ0) is 13.1. The number of para-hydroxylation sites is 1. The number of hydrogen-bond donors (Lipinski definition) is 0. The number of rotatable bonds is 3. The first kappa shape index (κ1) is 11.7. The molecular formula is C17H15NO. The average molecular weight is 249 g/mol. The van der Waals surface area contributed by atoms with Crippen LogP contribution < -0.4 is 4.74 Å². The highest BCUT2D eigenvalue weighted by Gasteiger charge is 2.03. The summed E-state index contributed by atoms with van der Waals surface area (Å²) in [6.45, 7) is 2.61. The van der Waals surface area contributed by atoms with Gasteiger partial charge in [0.05, 0.1) is 0 Å². The summed E-state index contributed by atoms with van der Waals surface area (Å²) >= 11 is 0. The lowest BCUT2D eigenvalue weighted by Crippen LogP contribution is -1.96. The van der Waals surface area contributed by atoms with E-state index < -0.39 is 0 Å². The maximum atomic E-state index is 5.88. The van der Waals surface area contributed by atoms with Crippen LogP contribution in [0.2, 0.25) is 0 Å². The summed E-state index contributed by atoms with van der Waals surface area (Å²) in [6, 6.07) is 18.3. The predicted octanol–water partition coefficient (Wildman–Crippen LogP) is 4.12. The lowest BCUT2D eigenvalue weighted by Gasteiger charge is -2.09. The molecule has 0 fully saturated rings. The smallest absolute Gasteiger partial charge is 0.146 e. The van der Waals surface area contributed by atoms with E-state index in [2.05, 4.69) is 29.2 Å². The van der Waals surface area contributed by atoms with E-state index in [4.69, 9.17) is 4.74 Å².